The van der Waals surface area contributed by atoms with Crippen molar-refractivity contribution in [1.29, 1.82) is 0 Å². The van der Waals surface area contributed by atoms with E-state index in [0.29, 0.717) is 44.3 Å². The van der Waals surface area contributed by atoms with Crippen LogP contribution in [-0.4, -0.2) is 62.7 Å². The van der Waals surface area contributed by atoms with Crippen molar-refractivity contribution in [2.75, 3.05) is 46.6 Å². The van der Waals surface area contributed by atoms with Crippen molar-refractivity contribution in [2.24, 2.45) is 0 Å². The van der Waals surface area contributed by atoms with Gasteiger partial charge in [0.15, 0.2) is 11.5 Å². The summed E-state index contributed by atoms with van der Waals surface area (Å²) in [6.07, 6.45) is -0.578. The smallest absolute Gasteiger partial charge is 0.165 e. The normalized spacial score (nSPS) is 15.8. The lowest BCUT2D eigenvalue weighted by Gasteiger charge is -2.28. The molecule has 3 rings (SSSR count). The van der Waals surface area contributed by atoms with E-state index in [4.69, 9.17) is 25.8 Å². The van der Waals surface area contributed by atoms with Gasteiger partial charge in [0, 0.05) is 43.3 Å². The van der Waals surface area contributed by atoms with Crippen LogP contribution in [0.2, 0.25) is 5.02 Å². The lowest BCUT2D eigenvalue weighted by Crippen LogP contribution is -2.42. The Balaban J connectivity index is 1.56. The van der Waals surface area contributed by atoms with E-state index < -0.39 is 6.10 Å². The van der Waals surface area contributed by atoms with Crippen molar-refractivity contribution in [2.45, 2.75) is 19.2 Å². The number of rotatable bonds is 10. The van der Waals surface area contributed by atoms with Crippen molar-refractivity contribution < 1.29 is 19.3 Å². The predicted octanol–water partition coefficient (Wildman–Crippen LogP) is 2.71. The zero-order valence-corrected chi connectivity index (χ0v) is 17.5. The topological polar surface area (TPSA) is 63.2 Å². The number of aliphatic hydroxyl groups is 1. The van der Waals surface area contributed by atoms with Gasteiger partial charge in [-0.25, -0.2) is 0 Å². The van der Waals surface area contributed by atoms with E-state index in [1.54, 1.807) is 7.11 Å². The van der Waals surface area contributed by atoms with Gasteiger partial charge in [-0.15, -0.1) is 0 Å². The number of hydrogen-bond donors (Lipinski definition) is 2. The molecule has 2 N–H and O–H groups in total. The summed E-state index contributed by atoms with van der Waals surface area (Å²) in [6.45, 7) is 5.18. The van der Waals surface area contributed by atoms with Gasteiger partial charge in [0.2, 0.25) is 0 Å². The standard InChI is InChI=1S/C22H29ClN2O4/c1-27-21-7-3-5-18(14-24-13-17-4-2-6-19(23)12-17)22(21)29-16-20(26)15-25-8-10-28-11-9-25/h2-7,12,20,24,26H,8-11,13-16H2,1H3/t20-/m1/s1. The van der Waals surface area contributed by atoms with E-state index in [2.05, 4.69) is 10.2 Å². The summed E-state index contributed by atoms with van der Waals surface area (Å²) in [7, 11) is 1.62. The van der Waals surface area contributed by atoms with E-state index in [0.717, 1.165) is 29.2 Å². The first-order valence-corrected chi connectivity index (χ1v) is 10.3. The van der Waals surface area contributed by atoms with E-state index in [1.807, 2.05) is 42.5 Å². The molecule has 0 radical (unpaired) electrons. The molecule has 158 valence electrons. The number of hydrogen-bond acceptors (Lipinski definition) is 6. The molecular weight excluding hydrogens is 392 g/mol. The van der Waals surface area contributed by atoms with E-state index in [9.17, 15) is 5.11 Å². The molecule has 6 nitrogen and oxygen atoms in total. The monoisotopic (exact) mass is 420 g/mol. The summed E-state index contributed by atoms with van der Waals surface area (Å²) in [4.78, 5) is 2.19. The zero-order valence-electron chi connectivity index (χ0n) is 16.8. The summed E-state index contributed by atoms with van der Waals surface area (Å²) >= 11 is 6.05. The van der Waals surface area contributed by atoms with E-state index in [-0.39, 0.29) is 6.61 Å². The van der Waals surface area contributed by atoms with Crippen molar-refractivity contribution >= 4 is 11.6 Å². The Morgan fingerprint density at radius 3 is 2.72 bits per heavy atom. The van der Waals surface area contributed by atoms with Crippen molar-refractivity contribution in [1.82, 2.24) is 10.2 Å². The molecule has 7 heteroatoms. The molecule has 0 spiro atoms. The third kappa shape index (κ3) is 6.87. The molecule has 0 unspecified atom stereocenters. The number of benzene rings is 2. The summed E-state index contributed by atoms with van der Waals surface area (Å²) < 4.78 is 16.8. The SMILES string of the molecule is COc1cccc(CNCc2cccc(Cl)c2)c1OC[C@H](O)CN1CCOCC1. The first kappa shape index (κ1) is 21.9. The van der Waals surface area contributed by atoms with Gasteiger partial charge in [-0.05, 0) is 23.8 Å². The van der Waals surface area contributed by atoms with Crippen LogP contribution in [0.3, 0.4) is 0 Å². The third-order valence-electron chi connectivity index (χ3n) is 4.81. The number of β-amino-alcohol motifs (C(OH)–C–C–N with tert-alkyl or cyclic N) is 1. The van der Waals surface area contributed by atoms with Crippen LogP contribution in [0.1, 0.15) is 11.1 Å². The van der Waals surface area contributed by atoms with Gasteiger partial charge in [0.05, 0.1) is 20.3 Å². The van der Waals surface area contributed by atoms with Gasteiger partial charge in [0.25, 0.3) is 0 Å². The summed E-state index contributed by atoms with van der Waals surface area (Å²) in [5, 5.41) is 14.5. The van der Waals surface area contributed by atoms with Crippen LogP contribution < -0.4 is 14.8 Å². The van der Waals surface area contributed by atoms with E-state index in [1.165, 1.54) is 0 Å². The maximum atomic E-state index is 10.4. The van der Waals surface area contributed by atoms with Crippen LogP contribution in [0.4, 0.5) is 0 Å². The number of ether oxygens (including phenoxy) is 3. The first-order valence-electron chi connectivity index (χ1n) is 9.87. The molecule has 1 aliphatic heterocycles. The summed E-state index contributed by atoms with van der Waals surface area (Å²) in [5.74, 6) is 1.32. The van der Waals surface area contributed by atoms with Crippen LogP contribution in [0.5, 0.6) is 11.5 Å². The Morgan fingerprint density at radius 2 is 1.97 bits per heavy atom. The second-order valence-corrected chi connectivity index (χ2v) is 7.50. The van der Waals surface area contributed by atoms with Crippen molar-refractivity contribution in [3.63, 3.8) is 0 Å². The Kier molecular flexibility index (Phi) is 8.58. The lowest BCUT2D eigenvalue weighted by molar-refractivity contribution is 0.00436. The molecule has 0 aliphatic carbocycles. The fraction of sp³-hybridized carbons (Fsp3) is 0.455. The summed E-state index contributed by atoms with van der Waals surface area (Å²) in [6, 6.07) is 13.6. The molecule has 1 fully saturated rings. The van der Waals surface area contributed by atoms with E-state index >= 15 is 0 Å². The van der Waals surface area contributed by atoms with Gasteiger partial charge in [-0.2, -0.15) is 0 Å². The number of halogens is 1. The first-order chi connectivity index (χ1) is 14.2. The third-order valence-corrected chi connectivity index (χ3v) is 5.04. The van der Waals surface area contributed by atoms with Crippen LogP contribution >= 0.6 is 11.6 Å². The fourth-order valence-electron chi connectivity index (χ4n) is 3.33. The van der Waals surface area contributed by atoms with Crippen molar-refractivity contribution in [3.8, 4) is 11.5 Å². The van der Waals surface area contributed by atoms with Gasteiger partial charge in [-0.1, -0.05) is 35.9 Å². The van der Waals surface area contributed by atoms with Gasteiger partial charge in [-0.3, -0.25) is 4.90 Å². The quantitative estimate of drug-likeness (QED) is 0.616. The number of morpholine rings is 1. The highest BCUT2D eigenvalue weighted by atomic mass is 35.5. The Hall–Kier alpha value is -1.83. The number of para-hydroxylation sites is 1. The van der Waals surface area contributed by atoms with Crippen LogP contribution in [0.25, 0.3) is 0 Å². The molecule has 1 saturated heterocycles. The Morgan fingerprint density at radius 1 is 1.17 bits per heavy atom. The molecule has 1 atom stereocenters. The second-order valence-electron chi connectivity index (χ2n) is 7.06. The molecule has 1 aliphatic rings. The molecule has 29 heavy (non-hydrogen) atoms. The highest BCUT2D eigenvalue weighted by Crippen LogP contribution is 2.31. The van der Waals surface area contributed by atoms with Crippen LogP contribution in [0.15, 0.2) is 42.5 Å². The molecule has 0 amide bonds. The molecule has 0 saturated carbocycles. The molecule has 2 aromatic carbocycles. The lowest BCUT2D eigenvalue weighted by atomic mass is 10.1. The average molecular weight is 421 g/mol. The number of aliphatic hydroxyl groups excluding tert-OH is 1. The molecule has 1 heterocycles. The number of nitrogens with zero attached hydrogens (tertiary/aromatic N) is 1. The molecular formula is C22H29ClN2O4. The molecule has 2 aromatic rings. The van der Waals surface area contributed by atoms with Gasteiger partial charge in [0.1, 0.15) is 12.7 Å². The Labute approximate surface area is 177 Å². The Bertz CT molecular complexity index is 768. The predicted molar refractivity (Wildman–Crippen MR) is 114 cm³/mol. The molecule has 0 aromatic heterocycles. The number of methoxy groups -OCH3 is 1. The maximum absolute atomic E-state index is 10.4. The van der Waals surface area contributed by atoms with Gasteiger partial charge >= 0.3 is 0 Å². The second kappa shape index (κ2) is 11.4. The average Bonchev–Trinajstić information content (AvgIpc) is 2.73. The highest BCUT2D eigenvalue weighted by molar-refractivity contribution is 6.30. The maximum Gasteiger partial charge on any atom is 0.165 e. The molecule has 0 bridgehead atoms. The van der Waals surface area contributed by atoms with Crippen LogP contribution in [-0.2, 0) is 17.8 Å². The van der Waals surface area contributed by atoms with Crippen molar-refractivity contribution in [3.05, 3.63) is 58.6 Å². The summed E-state index contributed by atoms with van der Waals surface area (Å²) in [5.41, 5.74) is 2.09. The number of nitrogens with one attached hydrogen (secondary N) is 1. The largest absolute Gasteiger partial charge is 0.493 e. The highest BCUT2D eigenvalue weighted by Gasteiger charge is 2.17. The van der Waals surface area contributed by atoms with Gasteiger partial charge < -0.3 is 24.6 Å². The minimum atomic E-state index is -0.578. The zero-order chi connectivity index (χ0) is 20.5. The minimum absolute atomic E-state index is 0.207. The fourth-order valence-corrected chi connectivity index (χ4v) is 3.54. The van der Waals surface area contributed by atoms with Crippen LogP contribution in [0, 0.1) is 0 Å². The minimum Gasteiger partial charge on any atom is -0.493 e.